The first-order chi connectivity index (χ1) is 8.25. The van der Waals surface area contributed by atoms with Gasteiger partial charge in [-0.2, -0.15) is 0 Å². The van der Waals surface area contributed by atoms with Gasteiger partial charge in [0.05, 0.1) is 0 Å². The Morgan fingerprint density at radius 2 is 2.00 bits per heavy atom. The number of hydrogen-bond donors (Lipinski definition) is 0. The molecule has 2 heteroatoms. The van der Waals surface area contributed by atoms with Gasteiger partial charge in [0.1, 0.15) is 11.6 Å². The molecule has 84 valence electrons. The molecule has 0 atom stereocenters. The van der Waals surface area contributed by atoms with E-state index in [9.17, 15) is 4.39 Å². The predicted molar refractivity (Wildman–Crippen MR) is 64.1 cm³/mol. The number of fused-ring (bicyclic) bond motifs is 1. The van der Waals surface area contributed by atoms with Crippen molar-refractivity contribution in [3.8, 4) is 16.9 Å². The number of halogens is 1. The fourth-order valence-corrected chi connectivity index (χ4v) is 2.16. The standard InChI is InChI=1S/C15H11FO/c1-10-4-2-3-5-13(10)14-9-12(16)8-11-6-7-17-15(11)14/h2-5,8-9H,6H2,1H3. The van der Waals surface area contributed by atoms with Crippen LogP contribution in [0.15, 0.2) is 36.4 Å². The highest BCUT2D eigenvalue weighted by Crippen LogP contribution is 2.39. The summed E-state index contributed by atoms with van der Waals surface area (Å²) in [5, 5.41) is 0. The quantitative estimate of drug-likeness (QED) is 0.719. The van der Waals surface area contributed by atoms with Crippen LogP contribution < -0.4 is 4.74 Å². The van der Waals surface area contributed by atoms with Gasteiger partial charge in [0.2, 0.25) is 6.61 Å². The molecule has 0 unspecified atom stereocenters. The highest BCUT2D eigenvalue weighted by atomic mass is 19.1. The first kappa shape index (κ1) is 10.3. The molecule has 1 heterocycles. The first-order valence-corrected chi connectivity index (χ1v) is 5.54. The predicted octanol–water partition coefficient (Wildman–Crippen LogP) is 3.77. The lowest BCUT2D eigenvalue weighted by molar-refractivity contribution is 0.436. The number of ether oxygens (including phenoxy) is 1. The highest BCUT2D eigenvalue weighted by molar-refractivity contribution is 5.75. The summed E-state index contributed by atoms with van der Waals surface area (Å²) < 4.78 is 18.9. The fourth-order valence-electron chi connectivity index (χ4n) is 2.16. The zero-order chi connectivity index (χ0) is 11.8. The molecule has 17 heavy (non-hydrogen) atoms. The molecule has 0 amide bonds. The molecule has 2 aromatic rings. The van der Waals surface area contributed by atoms with Gasteiger partial charge in [-0.25, -0.2) is 4.39 Å². The normalized spacial score (nSPS) is 13.3. The van der Waals surface area contributed by atoms with Crippen molar-refractivity contribution >= 4 is 0 Å². The SMILES string of the molecule is Cc1ccccc1-c1cc(F)cc2c1O[C]C2. The van der Waals surface area contributed by atoms with Crippen molar-refractivity contribution < 1.29 is 9.13 Å². The summed E-state index contributed by atoms with van der Waals surface area (Å²) in [7, 11) is 0. The Morgan fingerprint density at radius 3 is 2.82 bits per heavy atom. The minimum atomic E-state index is -0.227. The number of hydrogen-bond acceptors (Lipinski definition) is 1. The smallest absolute Gasteiger partial charge is 0.201 e. The zero-order valence-corrected chi connectivity index (χ0v) is 9.46. The van der Waals surface area contributed by atoms with Crippen molar-refractivity contribution in [1.29, 1.82) is 0 Å². The summed E-state index contributed by atoms with van der Waals surface area (Å²) in [4.78, 5) is 0. The van der Waals surface area contributed by atoms with Gasteiger partial charge in [-0.15, -0.1) is 0 Å². The van der Waals surface area contributed by atoms with E-state index < -0.39 is 0 Å². The molecule has 0 bridgehead atoms. The Kier molecular flexibility index (Phi) is 2.36. The van der Waals surface area contributed by atoms with E-state index in [1.165, 1.54) is 12.1 Å². The van der Waals surface area contributed by atoms with Crippen LogP contribution in [0.5, 0.6) is 5.75 Å². The van der Waals surface area contributed by atoms with E-state index in [0.29, 0.717) is 6.42 Å². The summed E-state index contributed by atoms with van der Waals surface area (Å²) in [6.45, 7) is 4.79. The van der Waals surface area contributed by atoms with Gasteiger partial charge in [-0.1, -0.05) is 24.3 Å². The second-order valence-corrected chi connectivity index (χ2v) is 4.18. The molecule has 1 aliphatic rings. The highest BCUT2D eigenvalue weighted by Gasteiger charge is 2.20. The summed E-state index contributed by atoms with van der Waals surface area (Å²) in [5.74, 6) is 0.509. The molecule has 0 aliphatic carbocycles. The Morgan fingerprint density at radius 1 is 1.18 bits per heavy atom. The largest absolute Gasteiger partial charge is 0.477 e. The summed E-state index contributed by atoms with van der Waals surface area (Å²) in [5.41, 5.74) is 3.79. The topological polar surface area (TPSA) is 9.23 Å². The monoisotopic (exact) mass is 226 g/mol. The van der Waals surface area contributed by atoms with Gasteiger partial charge in [0.15, 0.2) is 0 Å². The molecule has 1 aliphatic heterocycles. The van der Waals surface area contributed by atoms with Crippen molar-refractivity contribution in [2.75, 3.05) is 0 Å². The van der Waals surface area contributed by atoms with Crippen LogP contribution in [-0.4, -0.2) is 0 Å². The van der Waals surface area contributed by atoms with Crippen LogP contribution >= 0.6 is 0 Å². The average Bonchev–Trinajstić information content (AvgIpc) is 2.76. The summed E-state index contributed by atoms with van der Waals surface area (Å²) in [6.07, 6.45) is 0.548. The van der Waals surface area contributed by atoms with Crippen LogP contribution in [0.1, 0.15) is 11.1 Å². The molecule has 0 spiro atoms. The minimum Gasteiger partial charge on any atom is -0.477 e. The Bertz CT molecular complexity index is 575. The van der Waals surface area contributed by atoms with Crippen LogP contribution in [0, 0.1) is 19.3 Å². The van der Waals surface area contributed by atoms with Gasteiger partial charge in [0, 0.05) is 17.5 Å². The van der Waals surface area contributed by atoms with Gasteiger partial charge in [-0.3, -0.25) is 0 Å². The van der Waals surface area contributed by atoms with Crippen molar-refractivity contribution in [2.45, 2.75) is 13.3 Å². The molecule has 1 nitrogen and oxygen atoms in total. The first-order valence-electron chi connectivity index (χ1n) is 5.54. The molecule has 0 N–H and O–H groups in total. The van der Waals surface area contributed by atoms with Crippen LogP contribution in [0.4, 0.5) is 4.39 Å². The summed E-state index contributed by atoms with van der Waals surface area (Å²) >= 11 is 0. The third-order valence-electron chi connectivity index (χ3n) is 3.00. The van der Waals surface area contributed by atoms with E-state index >= 15 is 0 Å². The van der Waals surface area contributed by atoms with Gasteiger partial charge >= 0.3 is 0 Å². The summed E-state index contributed by atoms with van der Waals surface area (Å²) in [6, 6.07) is 10.9. The number of aryl methyl sites for hydroxylation is 1. The molecule has 0 saturated carbocycles. The lowest BCUT2D eigenvalue weighted by Gasteiger charge is -2.10. The van der Waals surface area contributed by atoms with E-state index in [1.807, 2.05) is 31.2 Å². The van der Waals surface area contributed by atoms with Crippen LogP contribution in [0.2, 0.25) is 0 Å². The van der Waals surface area contributed by atoms with Crippen molar-refractivity contribution in [3.63, 3.8) is 0 Å². The molecule has 0 fully saturated rings. The molecule has 0 saturated heterocycles. The Balaban J connectivity index is 2.25. The minimum absolute atomic E-state index is 0.227. The maximum atomic E-state index is 13.6. The lowest BCUT2D eigenvalue weighted by atomic mass is 9.97. The second kappa shape index (κ2) is 3.88. The van der Waals surface area contributed by atoms with E-state index in [2.05, 4.69) is 6.61 Å². The van der Waals surface area contributed by atoms with Crippen molar-refractivity contribution in [1.82, 2.24) is 0 Å². The fraction of sp³-hybridized carbons (Fsp3) is 0.133. The van der Waals surface area contributed by atoms with Crippen LogP contribution in [0.25, 0.3) is 11.1 Å². The lowest BCUT2D eigenvalue weighted by Crippen LogP contribution is -1.89. The Hall–Kier alpha value is -1.83. The Labute approximate surface area is 99.9 Å². The molecule has 0 aromatic heterocycles. The van der Waals surface area contributed by atoms with Gasteiger partial charge in [0.25, 0.3) is 0 Å². The number of rotatable bonds is 1. The van der Waals surface area contributed by atoms with E-state index in [0.717, 1.165) is 28.0 Å². The average molecular weight is 226 g/mol. The van der Waals surface area contributed by atoms with E-state index in [-0.39, 0.29) is 5.82 Å². The third kappa shape index (κ3) is 1.70. The zero-order valence-electron chi connectivity index (χ0n) is 9.46. The third-order valence-corrected chi connectivity index (χ3v) is 3.00. The molecule has 2 radical (unpaired) electrons. The van der Waals surface area contributed by atoms with Crippen molar-refractivity contribution in [3.05, 3.63) is 59.9 Å². The van der Waals surface area contributed by atoms with Crippen LogP contribution in [0.3, 0.4) is 0 Å². The maximum Gasteiger partial charge on any atom is 0.201 e. The van der Waals surface area contributed by atoms with Crippen LogP contribution in [-0.2, 0) is 6.42 Å². The molecular formula is C15H11FO. The van der Waals surface area contributed by atoms with Gasteiger partial charge in [-0.05, 0) is 30.2 Å². The van der Waals surface area contributed by atoms with E-state index in [4.69, 9.17) is 4.74 Å². The number of benzene rings is 2. The van der Waals surface area contributed by atoms with E-state index in [1.54, 1.807) is 0 Å². The molecule has 2 aromatic carbocycles. The van der Waals surface area contributed by atoms with Crippen molar-refractivity contribution in [2.24, 2.45) is 0 Å². The van der Waals surface area contributed by atoms with Gasteiger partial charge < -0.3 is 4.74 Å². The molecule has 3 rings (SSSR count). The second-order valence-electron chi connectivity index (χ2n) is 4.18. The molecular weight excluding hydrogens is 215 g/mol. The maximum absolute atomic E-state index is 13.6.